The number of carboxylic acids is 1. The van der Waals surface area contributed by atoms with Crippen molar-refractivity contribution < 1.29 is 29.0 Å². The second kappa shape index (κ2) is 8.43. The molecule has 0 aliphatic heterocycles. The summed E-state index contributed by atoms with van der Waals surface area (Å²) < 4.78 is 4.85. The second-order valence-electron chi connectivity index (χ2n) is 5.33. The van der Waals surface area contributed by atoms with E-state index in [1.165, 1.54) is 43.3 Å². The lowest BCUT2D eigenvalue weighted by molar-refractivity contribution is -0.131. The highest BCUT2D eigenvalue weighted by Crippen LogP contribution is 2.23. The number of anilines is 2. The molecule has 0 atom stereocenters. The molecule has 8 heteroatoms. The third-order valence-electron chi connectivity index (χ3n) is 3.33. The van der Waals surface area contributed by atoms with Crippen LogP contribution in [0.5, 0.6) is 5.75 Å². The molecule has 0 unspecified atom stereocenters. The van der Waals surface area contributed by atoms with Crippen LogP contribution in [0.2, 0.25) is 0 Å². The van der Waals surface area contributed by atoms with Crippen LogP contribution < -0.4 is 15.4 Å². The number of amides is 2. The number of hydrogen-bond donors (Lipinski definition) is 3. The van der Waals surface area contributed by atoms with Crippen molar-refractivity contribution in [2.75, 3.05) is 10.6 Å². The van der Waals surface area contributed by atoms with Crippen molar-refractivity contribution in [1.82, 2.24) is 0 Å². The maximum absolute atomic E-state index is 12.3. The van der Waals surface area contributed by atoms with E-state index in [9.17, 15) is 24.3 Å². The fraction of sp³-hybridized carbons (Fsp3) is 0.0526. The summed E-state index contributed by atoms with van der Waals surface area (Å²) in [5, 5.41) is 14.4. The van der Waals surface area contributed by atoms with Crippen molar-refractivity contribution in [1.29, 1.82) is 0 Å². The number of rotatable bonds is 6. The molecule has 0 aliphatic rings. The van der Waals surface area contributed by atoms with E-state index in [-0.39, 0.29) is 28.5 Å². The number of nitrogens with one attached hydrogen (secondary N) is 2. The standard InChI is InChI=1S/C19H16N2O6/c1-3-17(23)20-13-6-4-12(5-7-13)18(24)21-16-9-8-14(27-11(2)22)10-15(16)19(25)26/h3-10H,1H2,2H3,(H,20,23)(H,21,24)(H,25,26). The van der Waals surface area contributed by atoms with Crippen LogP contribution in [0.4, 0.5) is 11.4 Å². The smallest absolute Gasteiger partial charge is 0.337 e. The molecule has 2 amide bonds. The molecule has 0 saturated carbocycles. The molecule has 2 aromatic rings. The topological polar surface area (TPSA) is 122 Å². The van der Waals surface area contributed by atoms with Gasteiger partial charge in [-0.25, -0.2) is 4.79 Å². The van der Waals surface area contributed by atoms with Gasteiger partial charge in [0.25, 0.3) is 5.91 Å². The van der Waals surface area contributed by atoms with E-state index in [2.05, 4.69) is 17.2 Å². The zero-order valence-electron chi connectivity index (χ0n) is 14.3. The van der Waals surface area contributed by atoms with Crippen LogP contribution in [-0.4, -0.2) is 28.9 Å². The fourth-order valence-electron chi connectivity index (χ4n) is 2.13. The van der Waals surface area contributed by atoms with Gasteiger partial charge in [-0.2, -0.15) is 0 Å². The minimum Gasteiger partial charge on any atom is -0.478 e. The first kappa shape index (κ1) is 19.4. The summed E-state index contributed by atoms with van der Waals surface area (Å²) in [6.45, 7) is 4.53. The van der Waals surface area contributed by atoms with Crippen LogP contribution in [0.25, 0.3) is 0 Å². The number of carboxylic acid groups (broad SMARTS) is 1. The van der Waals surface area contributed by atoms with Crippen molar-refractivity contribution >= 4 is 35.1 Å². The third kappa shape index (κ3) is 5.27. The van der Waals surface area contributed by atoms with Crippen LogP contribution in [0.3, 0.4) is 0 Å². The number of ether oxygens (including phenoxy) is 1. The Morgan fingerprint density at radius 2 is 1.70 bits per heavy atom. The summed E-state index contributed by atoms with van der Waals surface area (Å²) in [6, 6.07) is 9.85. The first-order chi connectivity index (χ1) is 12.8. The Balaban J connectivity index is 2.19. The highest BCUT2D eigenvalue weighted by Gasteiger charge is 2.15. The minimum atomic E-state index is -1.29. The molecule has 0 aliphatic carbocycles. The summed E-state index contributed by atoms with van der Waals surface area (Å²) in [5.74, 6) is -2.75. The highest BCUT2D eigenvalue weighted by atomic mass is 16.5. The maximum Gasteiger partial charge on any atom is 0.337 e. The largest absolute Gasteiger partial charge is 0.478 e. The molecule has 0 fully saturated rings. The van der Waals surface area contributed by atoms with Gasteiger partial charge in [0.05, 0.1) is 11.3 Å². The van der Waals surface area contributed by atoms with Gasteiger partial charge in [-0.1, -0.05) is 6.58 Å². The molecule has 8 nitrogen and oxygen atoms in total. The minimum absolute atomic E-state index is 0.0486. The van der Waals surface area contributed by atoms with Crippen molar-refractivity contribution in [3.05, 3.63) is 66.2 Å². The number of benzene rings is 2. The zero-order valence-corrected chi connectivity index (χ0v) is 14.3. The van der Waals surface area contributed by atoms with E-state index in [1.807, 2.05) is 0 Å². The molecule has 0 bridgehead atoms. The Labute approximate surface area is 154 Å². The number of carbonyl (C=O) groups is 4. The predicted octanol–water partition coefficient (Wildman–Crippen LogP) is 2.69. The Kier molecular flexibility index (Phi) is 6.06. The van der Waals surface area contributed by atoms with Gasteiger partial charge in [-0.15, -0.1) is 0 Å². The lowest BCUT2D eigenvalue weighted by Crippen LogP contribution is -2.15. The van der Waals surface area contributed by atoms with Gasteiger partial charge >= 0.3 is 11.9 Å². The lowest BCUT2D eigenvalue weighted by Gasteiger charge is -2.11. The molecule has 138 valence electrons. The molecule has 0 saturated heterocycles. The molecule has 0 spiro atoms. The lowest BCUT2D eigenvalue weighted by atomic mass is 10.1. The van der Waals surface area contributed by atoms with E-state index in [0.29, 0.717) is 5.69 Å². The molecule has 0 heterocycles. The SMILES string of the molecule is C=CC(=O)Nc1ccc(C(=O)Nc2ccc(OC(C)=O)cc2C(=O)O)cc1. The fourth-order valence-corrected chi connectivity index (χ4v) is 2.13. The average molecular weight is 368 g/mol. The van der Waals surface area contributed by atoms with Crippen molar-refractivity contribution in [3.63, 3.8) is 0 Å². The van der Waals surface area contributed by atoms with Crippen LogP contribution in [0.15, 0.2) is 55.1 Å². The third-order valence-corrected chi connectivity index (χ3v) is 3.33. The van der Waals surface area contributed by atoms with Gasteiger partial charge in [0, 0.05) is 18.2 Å². The Bertz CT molecular complexity index is 918. The quantitative estimate of drug-likeness (QED) is 0.409. The molecular weight excluding hydrogens is 352 g/mol. The van der Waals surface area contributed by atoms with Crippen LogP contribution in [-0.2, 0) is 9.59 Å². The number of hydrogen-bond acceptors (Lipinski definition) is 5. The normalized spacial score (nSPS) is 9.81. The molecule has 2 aromatic carbocycles. The summed E-state index contributed by atoms with van der Waals surface area (Å²) in [4.78, 5) is 46.0. The number of carbonyl (C=O) groups excluding carboxylic acids is 3. The summed E-state index contributed by atoms with van der Waals surface area (Å²) >= 11 is 0. The average Bonchev–Trinajstić information content (AvgIpc) is 2.62. The first-order valence-electron chi connectivity index (χ1n) is 7.70. The molecule has 2 rings (SSSR count). The van der Waals surface area contributed by atoms with E-state index in [0.717, 1.165) is 12.1 Å². The monoisotopic (exact) mass is 368 g/mol. The zero-order chi connectivity index (χ0) is 20.0. The number of esters is 1. The molecule has 0 aromatic heterocycles. The van der Waals surface area contributed by atoms with Gasteiger partial charge < -0.3 is 20.5 Å². The van der Waals surface area contributed by atoms with Crippen molar-refractivity contribution in [3.8, 4) is 5.75 Å². The van der Waals surface area contributed by atoms with Crippen LogP contribution >= 0.6 is 0 Å². The maximum atomic E-state index is 12.3. The summed E-state index contributed by atoms with van der Waals surface area (Å²) in [7, 11) is 0. The summed E-state index contributed by atoms with van der Waals surface area (Å²) in [6.07, 6.45) is 1.12. The van der Waals surface area contributed by atoms with Crippen molar-refractivity contribution in [2.24, 2.45) is 0 Å². The predicted molar refractivity (Wildman–Crippen MR) is 97.9 cm³/mol. The number of aromatic carboxylic acids is 1. The van der Waals surface area contributed by atoms with Gasteiger partial charge in [-0.3, -0.25) is 14.4 Å². The van der Waals surface area contributed by atoms with Gasteiger partial charge in [0.1, 0.15) is 5.75 Å². The van der Waals surface area contributed by atoms with E-state index >= 15 is 0 Å². The molecular formula is C19H16N2O6. The highest BCUT2D eigenvalue weighted by molar-refractivity contribution is 6.08. The van der Waals surface area contributed by atoms with Gasteiger partial charge in [-0.05, 0) is 48.5 Å². The second-order valence-corrected chi connectivity index (χ2v) is 5.33. The summed E-state index contributed by atoms with van der Waals surface area (Å²) in [5.41, 5.74) is 0.560. The van der Waals surface area contributed by atoms with Crippen molar-refractivity contribution in [2.45, 2.75) is 6.92 Å². The van der Waals surface area contributed by atoms with E-state index in [1.54, 1.807) is 0 Å². The molecule has 3 N–H and O–H groups in total. The van der Waals surface area contributed by atoms with E-state index < -0.39 is 17.8 Å². The molecule has 0 radical (unpaired) electrons. The molecule has 27 heavy (non-hydrogen) atoms. The Morgan fingerprint density at radius 3 is 2.26 bits per heavy atom. The van der Waals surface area contributed by atoms with Gasteiger partial charge in [0.15, 0.2) is 0 Å². The van der Waals surface area contributed by atoms with E-state index in [4.69, 9.17) is 4.74 Å². The Hall–Kier alpha value is -3.94. The van der Waals surface area contributed by atoms with Gasteiger partial charge in [0.2, 0.25) is 5.91 Å². The van der Waals surface area contributed by atoms with Crippen LogP contribution in [0.1, 0.15) is 27.6 Å². The Morgan fingerprint density at radius 1 is 1.04 bits per heavy atom. The van der Waals surface area contributed by atoms with Crippen LogP contribution in [0, 0.1) is 0 Å². The first-order valence-corrected chi connectivity index (χ1v) is 7.70.